The van der Waals surface area contributed by atoms with Crippen molar-refractivity contribution in [2.24, 2.45) is 0 Å². The number of carbonyl (C=O) groups is 1. The molecule has 1 N–H and O–H groups in total. The largest absolute Gasteiger partial charge is 0.323 e. The highest BCUT2D eigenvalue weighted by molar-refractivity contribution is 7.99. The summed E-state index contributed by atoms with van der Waals surface area (Å²) in [5.74, 6) is 0.969. The van der Waals surface area contributed by atoms with E-state index >= 15 is 0 Å². The van der Waals surface area contributed by atoms with E-state index < -0.39 is 0 Å². The van der Waals surface area contributed by atoms with Crippen LogP contribution in [-0.4, -0.2) is 29.5 Å². The summed E-state index contributed by atoms with van der Waals surface area (Å²) in [6.07, 6.45) is 2.03. The van der Waals surface area contributed by atoms with E-state index in [1.54, 1.807) is 11.8 Å². The first kappa shape index (κ1) is 16.3. The van der Waals surface area contributed by atoms with Crippen molar-refractivity contribution < 1.29 is 4.79 Å². The average molecular weight is 345 g/mol. The summed E-state index contributed by atoms with van der Waals surface area (Å²) in [6.45, 7) is 2.85. The lowest BCUT2D eigenvalue weighted by Gasteiger charge is -2.24. The Kier molecular flexibility index (Phi) is 5.18. The number of rotatable bonds is 3. The molecule has 2 amide bonds. The van der Waals surface area contributed by atoms with Gasteiger partial charge < -0.3 is 10.2 Å². The molecule has 0 saturated carbocycles. The van der Waals surface area contributed by atoms with E-state index in [4.69, 9.17) is 0 Å². The first-order chi connectivity index (χ1) is 11.2. The Hall–Kier alpha value is -1.59. The van der Waals surface area contributed by atoms with Crippen LogP contribution in [-0.2, 0) is 0 Å². The number of amides is 2. The van der Waals surface area contributed by atoms with Crippen molar-refractivity contribution in [3.63, 3.8) is 0 Å². The fourth-order valence-corrected chi connectivity index (χ4v) is 4.30. The van der Waals surface area contributed by atoms with Gasteiger partial charge in [-0.1, -0.05) is 35.9 Å². The van der Waals surface area contributed by atoms with Crippen LogP contribution >= 0.6 is 23.5 Å². The molecule has 23 heavy (non-hydrogen) atoms. The van der Waals surface area contributed by atoms with Gasteiger partial charge in [0, 0.05) is 22.9 Å². The minimum absolute atomic E-state index is 0.0289. The van der Waals surface area contributed by atoms with Crippen molar-refractivity contribution in [2.75, 3.05) is 23.9 Å². The molecular weight excluding hydrogens is 324 g/mol. The highest BCUT2D eigenvalue weighted by atomic mass is 32.2. The van der Waals surface area contributed by atoms with Crippen LogP contribution in [0.25, 0.3) is 0 Å². The predicted octanol–water partition coefficient (Wildman–Crippen LogP) is 5.00. The SMILES string of the molecule is CSc1cccc(NC(=O)N2CCSC2c2ccc(C)cc2)c1. The minimum Gasteiger partial charge on any atom is -0.308 e. The van der Waals surface area contributed by atoms with Crippen molar-refractivity contribution in [3.8, 4) is 0 Å². The normalized spacial score (nSPS) is 17.3. The summed E-state index contributed by atoms with van der Waals surface area (Å²) in [5.41, 5.74) is 3.27. The highest BCUT2D eigenvalue weighted by Gasteiger charge is 2.30. The molecule has 0 aliphatic carbocycles. The first-order valence-corrected chi connectivity index (χ1v) is 9.84. The summed E-state index contributed by atoms with van der Waals surface area (Å²) in [4.78, 5) is 15.7. The van der Waals surface area contributed by atoms with Gasteiger partial charge in [0.25, 0.3) is 0 Å². The van der Waals surface area contributed by atoms with Gasteiger partial charge in [-0.15, -0.1) is 23.5 Å². The molecule has 2 aromatic carbocycles. The van der Waals surface area contributed by atoms with Gasteiger partial charge in [0.2, 0.25) is 0 Å². The lowest BCUT2D eigenvalue weighted by molar-refractivity contribution is 0.214. The molecule has 1 aliphatic heterocycles. The van der Waals surface area contributed by atoms with E-state index in [0.29, 0.717) is 0 Å². The summed E-state index contributed by atoms with van der Waals surface area (Å²) < 4.78 is 0. The van der Waals surface area contributed by atoms with Crippen molar-refractivity contribution in [1.82, 2.24) is 4.90 Å². The molecular formula is C18H20N2OS2. The maximum Gasteiger partial charge on any atom is 0.323 e. The van der Waals surface area contributed by atoms with E-state index in [2.05, 4.69) is 36.5 Å². The topological polar surface area (TPSA) is 32.3 Å². The Balaban J connectivity index is 1.74. The molecule has 1 saturated heterocycles. The van der Waals surface area contributed by atoms with Gasteiger partial charge in [-0.2, -0.15) is 0 Å². The second-order valence-corrected chi connectivity index (χ2v) is 7.56. The fraction of sp³-hybridized carbons (Fsp3) is 0.278. The second-order valence-electron chi connectivity index (χ2n) is 5.49. The second kappa shape index (κ2) is 7.32. The number of aryl methyl sites for hydroxylation is 1. The standard InChI is InChI=1S/C18H20N2OS2/c1-13-6-8-14(9-7-13)17-20(10-11-23-17)18(21)19-15-4-3-5-16(12-15)22-2/h3-9,12,17H,10-11H2,1-2H3,(H,19,21). The van der Waals surface area contributed by atoms with Crippen LogP contribution in [0, 0.1) is 6.92 Å². The number of anilines is 1. The lowest BCUT2D eigenvalue weighted by Crippen LogP contribution is -2.34. The van der Waals surface area contributed by atoms with Crippen LogP contribution in [0.4, 0.5) is 10.5 Å². The fourth-order valence-electron chi connectivity index (χ4n) is 2.58. The number of hydrogen-bond acceptors (Lipinski definition) is 3. The first-order valence-electron chi connectivity index (χ1n) is 7.57. The molecule has 2 aromatic rings. The number of hydrogen-bond donors (Lipinski definition) is 1. The van der Waals surface area contributed by atoms with Crippen LogP contribution < -0.4 is 5.32 Å². The lowest BCUT2D eigenvalue weighted by atomic mass is 10.1. The maximum absolute atomic E-state index is 12.7. The molecule has 5 heteroatoms. The molecule has 1 fully saturated rings. The molecule has 1 heterocycles. The Labute approximate surface area is 145 Å². The van der Waals surface area contributed by atoms with Crippen LogP contribution in [0.15, 0.2) is 53.4 Å². The van der Waals surface area contributed by atoms with Crippen LogP contribution in [0.3, 0.4) is 0 Å². The predicted molar refractivity (Wildman–Crippen MR) is 100 cm³/mol. The molecule has 1 atom stereocenters. The number of benzene rings is 2. The number of nitrogens with zero attached hydrogens (tertiary/aromatic N) is 1. The minimum atomic E-state index is -0.0289. The van der Waals surface area contributed by atoms with Crippen molar-refractivity contribution in [3.05, 3.63) is 59.7 Å². The number of urea groups is 1. The van der Waals surface area contributed by atoms with Crippen molar-refractivity contribution in [1.29, 1.82) is 0 Å². The van der Waals surface area contributed by atoms with Gasteiger partial charge in [0.05, 0.1) is 0 Å². The molecule has 0 spiro atoms. The van der Waals surface area contributed by atoms with Gasteiger partial charge >= 0.3 is 6.03 Å². The summed E-state index contributed by atoms with van der Waals surface area (Å²) in [7, 11) is 0. The zero-order chi connectivity index (χ0) is 16.2. The monoisotopic (exact) mass is 344 g/mol. The van der Waals surface area contributed by atoms with Crippen molar-refractivity contribution >= 4 is 35.2 Å². The Morgan fingerprint density at radius 3 is 2.78 bits per heavy atom. The number of thioether (sulfide) groups is 2. The summed E-state index contributed by atoms with van der Waals surface area (Å²) in [5, 5.41) is 3.13. The Morgan fingerprint density at radius 1 is 1.26 bits per heavy atom. The summed E-state index contributed by atoms with van der Waals surface area (Å²) >= 11 is 3.49. The molecule has 1 unspecified atom stereocenters. The van der Waals surface area contributed by atoms with E-state index in [9.17, 15) is 4.79 Å². The number of carbonyl (C=O) groups excluding carboxylic acids is 1. The quantitative estimate of drug-likeness (QED) is 0.796. The summed E-state index contributed by atoms with van der Waals surface area (Å²) in [6, 6.07) is 16.4. The molecule has 0 aromatic heterocycles. The van der Waals surface area contributed by atoms with Crippen LogP contribution in [0.1, 0.15) is 16.5 Å². The zero-order valence-electron chi connectivity index (χ0n) is 13.3. The molecule has 0 radical (unpaired) electrons. The van der Waals surface area contributed by atoms with E-state index in [-0.39, 0.29) is 11.4 Å². The van der Waals surface area contributed by atoms with E-state index in [1.165, 1.54) is 11.1 Å². The van der Waals surface area contributed by atoms with Crippen LogP contribution in [0.5, 0.6) is 0 Å². The van der Waals surface area contributed by atoms with E-state index in [0.717, 1.165) is 22.9 Å². The third-order valence-corrected chi connectivity index (χ3v) is 5.82. The average Bonchev–Trinajstić information content (AvgIpc) is 3.05. The molecule has 1 aliphatic rings. The smallest absolute Gasteiger partial charge is 0.308 e. The van der Waals surface area contributed by atoms with Gasteiger partial charge in [-0.3, -0.25) is 0 Å². The third-order valence-electron chi connectivity index (χ3n) is 3.84. The number of nitrogens with one attached hydrogen (secondary N) is 1. The maximum atomic E-state index is 12.7. The van der Waals surface area contributed by atoms with Gasteiger partial charge in [-0.25, -0.2) is 4.79 Å². The Bertz CT molecular complexity index is 688. The van der Waals surface area contributed by atoms with Gasteiger partial charge in [-0.05, 0) is 36.9 Å². The van der Waals surface area contributed by atoms with E-state index in [1.807, 2.05) is 47.2 Å². The Morgan fingerprint density at radius 2 is 2.04 bits per heavy atom. The zero-order valence-corrected chi connectivity index (χ0v) is 14.9. The molecule has 3 nitrogen and oxygen atoms in total. The van der Waals surface area contributed by atoms with Gasteiger partial charge in [0.1, 0.15) is 5.37 Å². The molecule has 120 valence electrons. The highest BCUT2D eigenvalue weighted by Crippen LogP contribution is 2.38. The molecule has 0 bridgehead atoms. The van der Waals surface area contributed by atoms with Crippen molar-refractivity contribution in [2.45, 2.75) is 17.2 Å². The van der Waals surface area contributed by atoms with Gasteiger partial charge in [0.15, 0.2) is 0 Å². The third kappa shape index (κ3) is 3.85. The van der Waals surface area contributed by atoms with Crippen LogP contribution in [0.2, 0.25) is 0 Å². The molecule has 3 rings (SSSR count).